The van der Waals surface area contributed by atoms with Crippen LogP contribution in [0.1, 0.15) is 62.5 Å². The first-order valence-electron chi connectivity index (χ1n) is 12.1. The lowest BCUT2D eigenvalue weighted by atomic mass is 9.93. The Kier molecular flexibility index (Phi) is 7.50. The Morgan fingerprint density at radius 1 is 0.971 bits per heavy atom. The summed E-state index contributed by atoms with van der Waals surface area (Å²) in [7, 11) is 0. The topological polar surface area (TPSA) is 105 Å². The molecule has 180 valence electrons. The van der Waals surface area contributed by atoms with Crippen molar-refractivity contribution >= 4 is 18.0 Å². The molecule has 7 nitrogen and oxygen atoms in total. The van der Waals surface area contributed by atoms with Crippen LogP contribution in [-0.4, -0.2) is 41.8 Å². The summed E-state index contributed by atoms with van der Waals surface area (Å²) in [5.41, 5.74) is 4.64. The predicted octanol–water partition coefficient (Wildman–Crippen LogP) is 4.45. The maximum atomic E-state index is 12.9. The second-order valence-electron chi connectivity index (χ2n) is 9.33. The normalized spacial score (nSPS) is 20.4. The number of hydrogen-bond donors (Lipinski definition) is 3. The van der Waals surface area contributed by atoms with E-state index in [4.69, 9.17) is 9.84 Å². The van der Waals surface area contributed by atoms with Gasteiger partial charge in [-0.05, 0) is 42.0 Å². The average Bonchev–Trinajstić information content (AvgIpc) is 2.94. The van der Waals surface area contributed by atoms with E-state index in [9.17, 15) is 14.4 Å². The van der Waals surface area contributed by atoms with E-state index in [-0.39, 0.29) is 30.9 Å². The molecule has 2 amide bonds. The fourth-order valence-corrected chi connectivity index (χ4v) is 5.25. The summed E-state index contributed by atoms with van der Waals surface area (Å²) in [6.07, 6.45) is 3.50. The first-order chi connectivity index (χ1) is 16.4. The number of carbonyl (C=O) groups is 3. The van der Waals surface area contributed by atoms with E-state index in [0.717, 1.165) is 30.4 Å². The number of benzene rings is 2. The first kappa shape index (κ1) is 23.8. The number of aliphatic carboxylic acids is 1. The van der Waals surface area contributed by atoms with Gasteiger partial charge in [0.2, 0.25) is 5.91 Å². The van der Waals surface area contributed by atoms with Gasteiger partial charge < -0.3 is 20.5 Å². The first-order valence-corrected chi connectivity index (χ1v) is 12.1. The fraction of sp³-hybridized carbons (Fsp3) is 0.444. The molecule has 0 saturated heterocycles. The lowest BCUT2D eigenvalue weighted by Crippen LogP contribution is -2.48. The van der Waals surface area contributed by atoms with Gasteiger partial charge in [0, 0.05) is 18.0 Å². The highest BCUT2D eigenvalue weighted by atomic mass is 16.5. The third kappa shape index (κ3) is 5.41. The van der Waals surface area contributed by atoms with Gasteiger partial charge in [0.15, 0.2) is 0 Å². The van der Waals surface area contributed by atoms with E-state index in [1.165, 1.54) is 11.1 Å². The molecule has 0 heterocycles. The second-order valence-corrected chi connectivity index (χ2v) is 9.33. The molecule has 0 aromatic heterocycles. The van der Waals surface area contributed by atoms with E-state index in [1.54, 1.807) is 6.92 Å². The van der Waals surface area contributed by atoms with E-state index in [2.05, 4.69) is 34.9 Å². The molecule has 7 heteroatoms. The van der Waals surface area contributed by atoms with Crippen LogP contribution in [0.15, 0.2) is 48.5 Å². The van der Waals surface area contributed by atoms with Crippen molar-refractivity contribution in [3.05, 3.63) is 59.7 Å². The number of alkyl carbamates (subject to hydrolysis) is 1. The van der Waals surface area contributed by atoms with Gasteiger partial charge in [0.05, 0.1) is 12.3 Å². The van der Waals surface area contributed by atoms with Gasteiger partial charge in [-0.3, -0.25) is 9.59 Å². The lowest BCUT2D eigenvalue weighted by molar-refractivity contribution is -0.137. The average molecular weight is 465 g/mol. The second kappa shape index (κ2) is 10.7. The van der Waals surface area contributed by atoms with Crippen molar-refractivity contribution in [3.8, 4) is 11.1 Å². The molecule has 0 radical (unpaired) electrons. The van der Waals surface area contributed by atoms with Gasteiger partial charge >= 0.3 is 12.1 Å². The van der Waals surface area contributed by atoms with Crippen LogP contribution in [0.3, 0.4) is 0 Å². The summed E-state index contributed by atoms with van der Waals surface area (Å²) in [5.74, 6) is -1.59. The molecule has 0 unspecified atom stereocenters. The number of carbonyl (C=O) groups excluding carboxylic acids is 2. The van der Waals surface area contributed by atoms with Crippen LogP contribution in [0.25, 0.3) is 11.1 Å². The molecule has 1 fully saturated rings. The standard InChI is InChI=1S/C27H32N2O5/c1-17(15-25(30)31)28-26(32)22-13-3-2-4-14-24(22)29-27(33)34-16-23-20-11-7-5-9-18(20)19-10-6-8-12-21(19)23/h5-12,17,22-24H,2-4,13-16H2,1H3,(H,28,32)(H,29,33)(H,30,31)/t17-,22-,24+/m0/s1. The van der Waals surface area contributed by atoms with Crippen molar-refractivity contribution < 1.29 is 24.2 Å². The van der Waals surface area contributed by atoms with Crippen molar-refractivity contribution in [1.29, 1.82) is 0 Å². The summed E-state index contributed by atoms with van der Waals surface area (Å²) >= 11 is 0. The van der Waals surface area contributed by atoms with E-state index < -0.39 is 24.0 Å². The third-order valence-electron chi connectivity index (χ3n) is 6.87. The van der Waals surface area contributed by atoms with Gasteiger partial charge in [-0.2, -0.15) is 0 Å². The molecule has 1 saturated carbocycles. The molecule has 3 N–H and O–H groups in total. The SMILES string of the molecule is C[C@@H](CC(=O)O)NC(=O)[C@H]1CCCCC[C@H]1NC(=O)OCC1c2ccccc2-c2ccccc21. The van der Waals surface area contributed by atoms with Crippen LogP contribution in [0.2, 0.25) is 0 Å². The van der Waals surface area contributed by atoms with Crippen molar-refractivity contribution in [2.75, 3.05) is 6.61 Å². The zero-order chi connectivity index (χ0) is 24.1. The molecule has 4 rings (SSSR count). The molecule has 0 bridgehead atoms. The minimum atomic E-state index is -0.957. The molecular formula is C27H32N2O5. The maximum absolute atomic E-state index is 12.9. The Bertz CT molecular complexity index is 1010. The summed E-state index contributed by atoms with van der Waals surface area (Å²) < 4.78 is 5.69. The van der Waals surface area contributed by atoms with Crippen LogP contribution in [0.5, 0.6) is 0 Å². The minimum absolute atomic E-state index is 0.0248. The summed E-state index contributed by atoms with van der Waals surface area (Å²) in [5, 5.41) is 14.7. The smallest absolute Gasteiger partial charge is 0.407 e. The van der Waals surface area contributed by atoms with Gasteiger partial charge in [0.25, 0.3) is 0 Å². The number of amides is 2. The molecule has 0 spiro atoms. The van der Waals surface area contributed by atoms with Gasteiger partial charge in [0.1, 0.15) is 6.61 Å². The number of nitrogens with one attached hydrogen (secondary N) is 2. The number of hydrogen-bond acceptors (Lipinski definition) is 4. The van der Waals surface area contributed by atoms with Crippen molar-refractivity contribution in [1.82, 2.24) is 10.6 Å². The fourth-order valence-electron chi connectivity index (χ4n) is 5.25. The molecule has 34 heavy (non-hydrogen) atoms. The highest BCUT2D eigenvalue weighted by Gasteiger charge is 2.33. The van der Waals surface area contributed by atoms with Crippen LogP contribution >= 0.6 is 0 Å². The quantitative estimate of drug-likeness (QED) is 0.525. The van der Waals surface area contributed by atoms with Crippen molar-refractivity contribution in [3.63, 3.8) is 0 Å². The Hall–Kier alpha value is -3.35. The monoisotopic (exact) mass is 464 g/mol. The molecule has 2 aliphatic carbocycles. The highest BCUT2D eigenvalue weighted by Crippen LogP contribution is 2.44. The van der Waals surface area contributed by atoms with Crippen LogP contribution < -0.4 is 10.6 Å². The molecule has 0 aliphatic heterocycles. The minimum Gasteiger partial charge on any atom is -0.481 e. The summed E-state index contributed by atoms with van der Waals surface area (Å²) in [6.45, 7) is 1.90. The number of carboxylic acid groups (broad SMARTS) is 1. The van der Waals surface area contributed by atoms with Crippen molar-refractivity contribution in [2.45, 2.75) is 63.5 Å². The predicted molar refractivity (Wildman–Crippen MR) is 128 cm³/mol. The maximum Gasteiger partial charge on any atom is 0.407 e. The Balaban J connectivity index is 1.39. The summed E-state index contributed by atoms with van der Waals surface area (Å²) in [6, 6.07) is 15.5. The van der Waals surface area contributed by atoms with E-state index in [1.807, 2.05) is 24.3 Å². The van der Waals surface area contributed by atoms with Gasteiger partial charge in [-0.15, -0.1) is 0 Å². The number of ether oxygens (including phenoxy) is 1. The van der Waals surface area contributed by atoms with Crippen LogP contribution in [0, 0.1) is 5.92 Å². The van der Waals surface area contributed by atoms with Crippen LogP contribution in [0.4, 0.5) is 4.79 Å². The highest BCUT2D eigenvalue weighted by molar-refractivity contribution is 5.82. The van der Waals surface area contributed by atoms with Crippen LogP contribution in [-0.2, 0) is 14.3 Å². The van der Waals surface area contributed by atoms with Crippen molar-refractivity contribution in [2.24, 2.45) is 5.92 Å². The lowest BCUT2D eigenvalue weighted by Gasteiger charge is -2.26. The Morgan fingerprint density at radius 2 is 1.59 bits per heavy atom. The molecule has 2 aliphatic rings. The van der Waals surface area contributed by atoms with E-state index >= 15 is 0 Å². The van der Waals surface area contributed by atoms with E-state index in [0.29, 0.717) is 12.8 Å². The molecule has 2 aromatic rings. The molecule has 2 aromatic carbocycles. The number of carboxylic acids is 1. The van der Waals surface area contributed by atoms with Gasteiger partial charge in [-0.1, -0.05) is 67.8 Å². The molecular weight excluding hydrogens is 432 g/mol. The van der Waals surface area contributed by atoms with Gasteiger partial charge in [-0.25, -0.2) is 4.79 Å². The zero-order valence-electron chi connectivity index (χ0n) is 19.5. The largest absolute Gasteiger partial charge is 0.481 e. The Morgan fingerprint density at radius 3 is 2.24 bits per heavy atom. The zero-order valence-corrected chi connectivity index (χ0v) is 19.5. The molecule has 3 atom stereocenters. The third-order valence-corrected chi connectivity index (χ3v) is 6.87. The number of fused-ring (bicyclic) bond motifs is 3. The Labute approximate surface area is 199 Å². The summed E-state index contributed by atoms with van der Waals surface area (Å²) in [4.78, 5) is 36.6. The number of rotatable bonds is 7.